The number of anilines is 1. The van der Waals surface area contributed by atoms with Crippen molar-refractivity contribution < 1.29 is 28.0 Å². The molecule has 0 radical (unpaired) electrons. The highest BCUT2D eigenvalue weighted by Gasteiger charge is 2.29. The first kappa shape index (κ1) is 18.3. The minimum Gasteiger partial charge on any atom is -0.466 e. The second kappa shape index (κ2) is 8.73. The zero-order valence-corrected chi connectivity index (χ0v) is 13.7. The number of hydrogen-bond donors (Lipinski definition) is 2. The number of hydrogen-bond acceptors (Lipinski definition) is 3. The van der Waals surface area contributed by atoms with Gasteiger partial charge in [0.15, 0.2) is 11.6 Å². The van der Waals surface area contributed by atoms with E-state index in [-0.39, 0.29) is 29.9 Å². The van der Waals surface area contributed by atoms with E-state index in [4.69, 9.17) is 4.74 Å². The molecule has 2 atom stereocenters. The van der Waals surface area contributed by atoms with E-state index in [0.717, 1.165) is 31.5 Å². The van der Waals surface area contributed by atoms with Gasteiger partial charge in [0.25, 0.3) is 0 Å². The van der Waals surface area contributed by atoms with Crippen LogP contribution < -0.4 is 10.2 Å². The van der Waals surface area contributed by atoms with Crippen LogP contribution in [0.2, 0.25) is 0 Å². The van der Waals surface area contributed by atoms with E-state index in [9.17, 15) is 18.4 Å². The van der Waals surface area contributed by atoms with Gasteiger partial charge in [-0.05, 0) is 31.9 Å². The van der Waals surface area contributed by atoms with Crippen molar-refractivity contribution in [3.63, 3.8) is 0 Å². The molecule has 2 rings (SSSR count). The monoisotopic (exact) mass is 341 g/mol. The Labute approximate surface area is 140 Å². The summed E-state index contributed by atoms with van der Waals surface area (Å²) < 4.78 is 31.0. The maximum absolute atomic E-state index is 13.1. The number of rotatable bonds is 6. The quantitative estimate of drug-likeness (QED) is 0.763. The number of benzene rings is 1. The normalized spacial score (nSPS) is 20.5. The van der Waals surface area contributed by atoms with Crippen molar-refractivity contribution in [3.05, 3.63) is 29.8 Å². The van der Waals surface area contributed by atoms with E-state index in [1.54, 1.807) is 6.92 Å². The number of amides is 1. The van der Waals surface area contributed by atoms with E-state index in [1.807, 2.05) is 0 Å². The van der Waals surface area contributed by atoms with Gasteiger partial charge in [-0.15, -0.1) is 0 Å². The van der Waals surface area contributed by atoms with Gasteiger partial charge in [-0.1, -0.05) is 0 Å². The summed E-state index contributed by atoms with van der Waals surface area (Å²) in [6, 6.07) is 3.25. The van der Waals surface area contributed by atoms with Crippen LogP contribution in [0, 0.1) is 17.6 Å². The summed E-state index contributed by atoms with van der Waals surface area (Å²) in [6.45, 7) is 4.33. The Kier molecular flexibility index (Phi) is 6.66. The molecular formula is C17H23F2N2O3+. The number of carbonyl (C=O) groups is 2. The number of piperidine rings is 1. The SMILES string of the molecule is CCOC(=O)C1CCC[NH+](CCC(=O)Nc2ccc(F)c(F)c2)C1. The summed E-state index contributed by atoms with van der Waals surface area (Å²) in [6.07, 6.45) is 2.00. The number of ether oxygens (including phenoxy) is 1. The zero-order valence-electron chi connectivity index (χ0n) is 13.7. The molecule has 1 aromatic carbocycles. The molecule has 1 aromatic rings. The first-order valence-corrected chi connectivity index (χ1v) is 8.24. The first-order chi connectivity index (χ1) is 11.5. The fourth-order valence-electron chi connectivity index (χ4n) is 2.93. The van der Waals surface area contributed by atoms with Gasteiger partial charge < -0.3 is 15.0 Å². The molecule has 1 aliphatic rings. The Bertz CT molecular complexity index is 595. The highest BCUT2D eigenvalue weighted by molar-refractivity contribution is 5.90. The van der Waals surface area contributed by atoms with Crippen molar-refractivity contribution >= 4 is 17.6 Å². The van der Waals surface area contributed by atoms with E-state index in [1.165, 1.54) is 11.0 Å². The van der Waals surface area contributed by atoms with Gasteiger partial charge in [0.1, 0.15) is 5.92 Å². The highest BCUT2D eigenvalue weighted by Crippen LogP contribution is 2.13. The molecule has 24 heavy (non-hydrogen) atoms. The molecule has 1 heterocycles. The fourth-order valence-corrected chi connectivity index (χ4v) is 2.93. The summed E-state index contributed by atoms with van der Waals surface area (Å²) in [4.78, 5) is 24.9. The molecule has 0 spiro atoms. The van der Waals surface area contributed by atoms with Crippen LogP contribution in [0.25, 0.3) is 0 Å². The van der Waals surface area contributed by atoms with Crippen LogP contribution in [0.3, 0.4) is 0 Å². The lowest BCUT2D eigenvalue weighted by Gasteiger charge is -2.28. The van der Waals surface area contributed by atoms with Gasteiger partial charge in [-0.25, -0.2) is 8.78 Å². The van der Waals surface area contributed by atoms with Gasteiger partial charge in [0.05, 0.1) is 32.7 Å². The summed E-state index contributed by atoms with van der Waals surface area (Å²) in [7, 11) is 0. The standard InChI is InChI=1S/C17H22F2N2O3/c1-2-24-17(23)12-4-3-8-21(11-12)9-7-16(22)20-13-5-6-14(18)15(19)10-13/h5-6,10,12H,2-4,7-9,11H2,1H3,(H,20,22)/p+1. The van der Waals surface area contributed by atoms with Crippen LogP contribution >= 0.6 is 0 Å². The summed E-state index contributed by atoms with van der Waals surface area (Å²) in [5.41, 5.74) is 0.233. The molecule has 1 fully saturated rings. The summed E-state index contributed by atoms with van der Waals surface area (Å²) >= 11 is 0. The second-order valence-corrected chi connectivity index (χ2v) is 5.97. The van der Waals surface area contributed by atoms with Crippen LogP contribution in [-0.4, -0.2) is 38.1 Å². The molecule has 2 N–H and O–H groups in total. The van der Waals surface area contributed by atoms with Gasteiger partial charge >= 0.3 is 5.97 Å². The Hall–Kier alpha value is -2.02. The molecule has 0 bridgehead atoms. The number of carbonyl (C=O) groups excluding carboxylic acids is 2. The topological polar surface area (TPSA) is 59.8 Å². The van der Waals surface area contributed by atoms with Crippen LogP contribution in [-0.2, 0) is 14.3 Å². The smallest absolute Gasteiger partial charge is 0.314 e. The van der Waals surface area contributed by atoms with E-state index in [2.05, 4.69) is 5.32 Å². The predicted molar refractivity (Wildman–Crippen MR) is 84.5 cm³/mol. The first-order valence-electron chi connectivity index (χ1n) is 8.24. The highest BCUT2D eigenvalue weighted by atomic mass is 19.2. The van der Waals surface area contributed by atoms with Crippen LogP contribution in [0.4, 0.5) is 14.5 Å². The fraction of sp³-hybridized carbons (Fsp3) is 0.529. The second-order valence-electron chi connectivity index (χ2n) is 5.97. The molecule has 1 saturated heterocycles. The number of nitrogens with one attached hydrogen (secondary N) is 2. The van der Waals surface area contributed by atoms with Gasteiger partial charge in [-0.2, -0.15) is 0 Å². The lowest BCUT2D eigenvalue weighted by molar-refractivity contribution is -0.906. The maximum atomic E-state index is 13.1. The van der Waals surface area contributed by atoms with Crippen molar-refractivity contribution in [2.75, 3.05) is 31.6 Å². The number of quaternary nitrogens is 1. The van der Waals surface area contributed by atoms with Crippen molar-refractivity contribution in [1.29, 1.82) is 0 Å². The van der Waals surface area contributed by atoms with Crippen LogP contribution in [0.1, 0.15) is 26.2 Å². The average molecular weight is 341 g/mol. The van der Waals surface area contributed by atoms with Crippen LogP contribution in [0.5, 0.6) is 0 Å². The Balaban J connectivity index is 1.78. The molecule has 5 nitrogen and oxygen atoms in total. The molecule has 0 saturated carbocycles. The predicted octanol–water partition coefficient (Wildman–Crippen LogP) is 1.15. The lowest BCUT2D eigenvalue weighted by atomic mass is 9.98. The molecule has 0 aromatic heterocycles. The maximum Gasteiger partial charge on any atom is 0.314 e. The van der Waals surface area contributed by atoms with Crippen molar-refractivity contribution in [3.8, 4) is 0 Å². The molecular weight excluding hydrogens is 318 g/mol. The number of likely N-dealkylation sites (tertiary alicyclic amines) is 1. The van der Waals surface area contributed by atoms with E-state index in [0.29, 0.717) is 19.7 Å². The largest absolute Gasteiger partial charge is 0.466 e. The zero-order chi connectivity index (χ0) is 17.5. The Morgan fingerprint density at radius 1 is 1.33 bits per heavy atom. The lowest BCUT2D eigenvalue weighted by Crippen LogP contribution is -3.13. The third kappa shape index (κ3) is 5.26. The van der Waals surface area contributed by atoms with E-state index < -0.39 is 11.6 Å². The molecule has 2 unspecified atom stereocenters. The van der Waals surface area contributed by atoms with Crippen molar-refractivity contribution in [1.82, 2.24) is 0 Å². The Morgan fingerprint density at radius 2 is 2.12 bits per heavy atom. The molecule has 7 heteroatoms. The van der Waals surface area contributed by atoms with Gasteiger partial charge in [-0.3, -0.25) is 9.59 Å². The minimum atomic E-state index is -0.994. The summed E-state index contributed by atoms with van der Waals surface area (Å²) in [5, 5.41) is 2.55. The average Bonchev–Trinajstić information content (AvgIpc) is 2.57. The Morgan fingerprint density at radius 3 is 2.83 bits per heavy atom. The van der Waals surface area contributed by atoms with Gasteiger partial charge in [0, 0.05) is 11.8 Å². The molecule has 1 aliphatic heterocycles. The number of halogens is 2. The molecule has 0 aliphatic carbocycles. The van der Waals surface area contributed by atoms with Gasteiger partial charge in [0.2, 0.25) is 5.91 Å². The third-order valence-electron chi connectivity index (χ3n) is 4.15. The molecule has 132 valence electrons. The van der Waals surface area contributed by atoms with Crippen molar-refractivity contribution in [2.45, 2.75) is 26.2 Å². The van der Waals surface area contributed by atoms with Crippen molar-refractivity contribution in [2.24, 2.45) is 5.92 Å². The van der Waals surface area contributed by atoms with Crippen LogP contribution in [0.15, 0.2) is 18.2 Å². The minimum absolute atomic E-state index is 0.108. The third-order valence-corrected chi connectivity index (χ3v) is 4.15. The summed E-state index contributed by atoms with van der Waals surface area (Å²) in [5.74, 6) is -2.47. The van der Waals surface area contributed by atoms with E-state index >= 15 is 0 Å². The molecule has 1 amide bonds. The number of esters is 1.